The van der Waals surface area contributed by atoms with Gasteiger partial charge in [0.1, 0.15) is 0 Å². The fourth-order valence-corrected chi connectivity index (χ4v) is 2.33. The van der Waals surface area contributed by atoms with Gasteiger partial charge in [-0.1, -0.05) is 52.0 Å². The van der Waals surface area contributed by atoms with Crippen molar-refractivity contribution < 1.29 is 13.9 Å². The molecule has 1 aromatic rings. The quantitative estimate of drug-likeness (QED) is 0.794. The summed E-state index contributed by atoms with van der Waals surface area (Å²) in [4.78, 5) is 0. The van der Waals surface area contributed by atoms with E-state index in [1.807, 2.05) is 12.1 Å². The fraction of sp³-hybridized carbons (Fsp3) is 0.625. The van der Waals surface area contributed by atoms with E-state index in [9.17, 15) is 13.9 Å². The van der Waals surface area contributed by atoms with Crippen molar-refractivity contribution in [2.75, 3.05) is 0 Å². The highest BCUT2D eigenvalue weighted by atomic mass is 19.3. The molecule has 1 nitrogen and oxygen atoms in total. The summed E-state index contributed by atoms with van der Waals surface area (Å²) >= 11 is 0. The minimum absolute atomic E-state index is 0.279. The largest absolute Gasteiger partial charge is 0.385 e. The molecule has 1 rings (SSSR count). The lowest BCUT2D eigenvalue weighted by Crippen LogP contribution is -2.36. The Morgan fingerprint density at radius 1 is 1.11 bits per heavy atom. The molecule has 0 saturated heterocycles. The second-order valence-corrected chi connectivity index (χ2v) is 5.33. The number of benzene rings is 1. The van der Waals surface area contributed by atoms with E-state index in [-0.39, 0.29) is 6.42 Å². The maximum atomic E-state index is 12.9. The van der Waals surface area contributed by atoms with Crippen molar-refractivity contribution in [1.29, 1.82) is 0 Å². The standard InChI is InChI=1S/C16H24F2O/c1-5-11(3)13-7-9-14(10-8-13)16(19,6-2)12(4)15(17)18/h7-12,15,19H,5-6H2,1-4H3. The van der Waals surface area contributed by atoms with Crippen LogP contribution in [-0.2, 0) is 5.60 Å². The summed E-state index contributed by atoms with van der Waals surface area (Å²) in [5.74, 6) is -0.636. The topological polar surface area (TPSA) is 20.2 Å². The van der Waals surface area contributed by atoms with E-state index in [2.05, 4.69) is 13.8 Å². The number of halogens is 2. The molecule has 0 heterocycles. The first kappa shape index (κ1) is 16.1. The normalized spacial score (nSPS) is 18.1. The number of aliphatic hydroxyl groups is 1. The van der Waals surface area contributed by atoms with Gasteiger partial charge in [0.25, 0.3) is 0 Å². The van der Waals surface area contributed by atoms with Gasteiger partial charge in [-0.25, -0.2) is 8.78 Å². The van der Waals surface area contributed by atoms with Gasteiger partial charge in [0.05, 0.1) is 11.5 Å². The highest BCUT2D eigenvalue weighted by Gasteiger charge is 2.39. The molecular formula is C16H24F2O. The fourth-order valence-electron chi connectivity index (χ4n) is 2.33. The molecule has 0 aliphatic carbocycles. The highest BCUT2D eigenvalue weighted by Crippen LogP contribution is 2.37. The molecule has 1 N–H and O–H groups in total. The monoisotopic (exact) mass is 270 g/mol. The van der Waals surface area contributed by atoms with Crippen molar-refractivity contribution in [3.05, 3.63) is 35.4 Å². The van der Waals surface area contributed by atoms with Gasteiger partial charge < -0.3 is 5.11 Å². The number of hydrogen-bond donors (Lipinski definition) is 1. The second-order valence-electron chi connectivity index (χ2n) is 5.33. The first-order valence-electron chi connectivity index (χ1n) is 6.97. The average molecular weight is 270 g/mol. The molecule has 0 saturated carbocycles. The minimum atomic E-state index is -2.53. The third kappa shape index (κ3) is 3.33. The first-order chi connectivity index (χ1) is 8.86. The maximum absolute atomic E-state index is 12.9. The van der Waals surface area contributed by atoms with E-state index in [1.54, 1.807) is 19.1 Å². The lowest BCUT2D eigenvalue weighted by atomic mass is 9.79. The lowest BCUT2D eigenvalue weighted by molar-refractivity contribution is -0.0847. The van der Waals surface area contributed by atoms with Crippen molar-refractivity contribution in [3.8, 4) is 0 Å². The van der Waals surface area contributed by atoms with Crippen LogP contribution in [0.1, 0.15) is 57.6 Å². The van der Waals surface area contributed by atoms with Gasteiger partial charge in [-0.2, -0.15) is 0 Å². The summed E-state index contributed by atoms with van der Waals surface area (Å²) in [5, 5.41) is 10.5. The van der Waals surface area contributed by atoms with Crippen LogP contribution in [0.2, 0.25) is 0 Å². The van der Waals surface area contributed by atoms with Crippen molar-refractivity contribution in [1.82, 2.24) is 0 Å². The molecule has 3 heteroatoms. The summed E-state index contributed by atoms with van der Waals surface area (Å²) in [7, 11) is 0. The molecule has 0 fully saturated rings. The Labute approximate surface area is 114 Å². The van der Waals surface area contributed by atoms with Crippen LogP contribution >= 0.6 is 0 Å². The van der Waals surface area contributed by atoms with E-state index in [4.69, 9.17) is 0 Å². The van der Waals surface area contributed by atoms with Gasteiger partial charge in [0.2, 0.25) is 6.43 Å². The zero-order chi connectivity index (χ0) is 14.6. The van der Waals surface area contributed by atoms with Gasteiger partial charge in [-0.15, -0.1) is 0 Å². The Morgan fingerprint density at radius 3 is 2.00 bits per heavy atom. The van der Waals surface area contributed by atoms with Gasteiger partial charge in [-0.05, 0) is 29.9 Å². The Balaban J connectivity index is 3.06. The van der Waals surface area contributed by atoms with Crippen molar-refractivity contribution in [3.63, 3.8) is 0 Å². The van der Waals surface area contributed by atoms with Crippen LogP contribution in [0.3, 0.4) is 0 Å². The molecule has 0 radical (unpaired) electrons. The summed E-state index contributed by atoms with van der Waals surface area (Å²) in [5.41, 5.74) is 0.298. The Bertz CT molecular complexity index is 388. The summed E-state index contributed by atoms with van der Waals surface area (Å²) in [6.45, 7) is 7.38. The van der Waals surface area contributed by atoms with Crippen molar-refractivity contribution >= 4 is 0 Å². The molecule has 108 valence electrons. The lowest BCUT2D eigenvalue weighted by Gasteiger charge is -2.33. The van der Waals surface area contributed by atoms with E-state index < -0.39 is 17.9 Å². The zero-order valence-electron chi connectivity index (χ0n) is 12.2. The SMILES string of the molecule is CCC(C)c1ccc(C(O)(CC)C(C)C(F)F)cc1. The highest BCUT2D eigenvalue weighted by molar-refractivity contribution is 5.29. The van der Waals surface area contributed by atoms with Gasteiger partial charge in [0.15, 0.2) is 0 Å². The van der Waals surface area contributed by atoms with E-state index >= 15 is 0 Å². The van der Waals surface area contributed by atoms with E-state index in [0.29, 0.717) is 11.5 Å². The van der Waals surface area contributed by atoms with E-state index in [0.717, 1.165) is 6.42 Å². The molecule has 1 aromatic carbocycles. The summed E-state index contributed by atoms with van der Waals surface area (Å²) in [6, 6.07) is 7.43. The molecule has 0 aliphatic heterocycles. The van der Waals surface area contributed by atoms with Crippen LogP contribution < -0.4 is 0 Å². The van der Waals surface area contributed by atoms with Crippen molar-refractivity contribution in [2.24, 2.45) is 5.92 Å². The number of hydrogen-bond acceptors (Lipinski definition) is 1. The van der Waals surface area contributed by atoms with Crippen LogP contribution in [0.4, 0.5) is 8.78 Å². The predicted octanol–water partition coefficient (Wildman–Crippen LogP) is 4.70. The van der Waals surface area contributed by atoms with Gasteiger partial charge in [0, 0.05) is 0 Å². The second kappa shape index (κ2) is 6.47. The van der Waals surface area contributed by atoms with Crippen LogP contribution in [0.5, 0.6) is 0 Å². The maximum Gasteiger partial charge on any atom is 0.244 e. The van der Waals surface area contributed by atoms with Crippen LogP contribution in [-0.4, -0.2) is 11.5 Å². The first-order valence-corrected chi connectivity index (χ1v) is 6.97. The third-order valence-corrected chi connectivity index (χ3v) is 4.26. The molecule has 0 bridgehead atoms. The number of rotatable bonds is 6. The molecule has 0 aromatic heterocycles. The molecule has 3 atom stereocenters. The Morgan fingerprint density at radius 2 is 1.63 bits per heavy atom. The number of alkyl halides is 2. The molecule has 19 heavy (non-hydrogen) atoms. The Kier molecular flexibility index (Phi) is 5.48. The summed E-state index contributed by atoms with van der Waals surface area (Å²) in [6.07, 6.45) is -1.22. The third-order valence-electron chi connectivity index (χ3n) is 4.26. The van der Waals surface area contributed by atoms with Gasteiger partial charge >= 0.3 is 0 Å². The summed E-state index contributed by atoms with van der Waals surface area (Å²) < 4.78 is 25.8. The molecule has 0 spiro atoms. The van der Waals surface area contributed by atoms with Crippen molar-refractivity contribution in [2.45, 2.75) is 58.5 Å². The molecule has 0 amide bonds. The smallest absolute Gasteiger partial charge is 0.244 e. The molecular weight excluding hydrogens is 246 g/mol. The molecule has 0 aliphatic rings. The minimum Gasteiger partial charge on any atom is -0.385 e. The predicted molar refractivity (Wildman–Crippen MR) is 74.5 cm³/mol. The average Bonchev–Trinajstić information content (AvgIpc) is 2.44. The van der Waals surface area contributed by atoms with E-state index in [1.165, 1.54) is 12.5 Å². The molecule has 3 unspecified atom stereocenters. The van der Waals surface area contributed by atoms with Crippen LogP contribution in [0.25, 0.3) is 0 Å². The van der Waals surface area contributed by atoms with Crippen LogP contribution in [0.15, 0.2) is 24.3 Å². The van der Waals surface area contributed by atoms with Gasteiger partial charge in [-0.3, -0.25) is 0 Å². The van der Waals surface area contributed by atoms with Crippen LogP contribution in [0, 0.1) is 5.92 Å². The Hall–Kier alpha value is -0.960. The zero-order valence-corrected chi connectivity index (χ0v) is 12.2.